The SMILES string of the molecule is NC(C(=O)Nc1nc(Cl)nc2c1ncn2[C@@H]1O[C@H](CCP(=O)(O)O)C(O)C1O)C12CC3C[C@@H](CC(O)(C3)C1)C2. The van der Waals surface area contributed by atoms with Crippen LogP contribution in [-0.4, -0.2) is 86.6 Å². The summed E-state index contributed by atoms with van der Waals surface area (Å²) < 4.78 is 18.3. The van der Waals surface area contributed by atoms with Crippen molar-refractivity contribution in [2.75, 3.05) is 11.5 Å². The number of aliphatic hydroxyl groups excluding tert-OH is 2. The van der Waals surface area contributed by atoms with E-state index < -0.39 is 61.3 Å². The Balaban J connectivity index is 1.24. The Bertz CT molecular complexity index is 1340. The van der Waals surface area contributed by atoms with Crippen molar-refractivity contribution >= 4 is 42.1 Å². The van der Waals surface area contributed by atoms with Gasteiger partial charge in [-0.2, -0.15) is 9.97 Å². The van der Waals surface area contributed by atoms with E-state index in [0.29, 0.717) is 18.3 Å². The third kappa shape index (κ3) is 4.89. The highest BCUT2D eigenvalue weighted by molar-refractivity contribution is 7.51. The molecule has 3 heterocycles. The third-order valence-electron chi connectivity index (χ3n) is 8.97. The van der Waals surface area contributed by atoms with Gasteiger partial charge in [0.05, 0.1) is 30.2 Å². The second-order valence-electron chi connectivity index (χ2n) is 11.9. The molecule has 4 saturated carbocycles. The molecule has 2 aromatic heterocycles. The van der Waals surface area contributed by atoms with Gasteiger partial charge in [0.15, 0.2) is 23.2 Å². The fourth-order valence-electron chi connectivity index (χ4n) is 7.78. The van der Waals surface area contributed by atoms with Gasteiger partial charge in [-0.3, -0.25) is 13.9 Å². The molecule has 4 aliphatic carbocycles. The molecule has 1 aliphatic heterocycles. The highest BCUT2D eigenvalue weighted by Gasteiger charge is 2.60. The minimum atomic E-state index is -4.34. The molecular formula is C23H32ClN6O8P. The van der Waals surface area contributed by atoms with Crippen molar-refractivity contribution in [2.45, 2.75) is 81.1 Å². The molecule has 39 heavy (non-hydrogen) atoms. The number of fused-ring (bicyclic) bond motifs is 1. The quantitative estimate of drug-likeness (QED) is 0.171. The number of aliphatic hydroxyl groups is 3. The molecule has 0 radical (unpaired) electrons. The van der Waals surface area contributed by atoms with Gasteiger partial charge in [0, 0.05) is 0 Å². The first-order valence-electron chi connectivity index (χ1n) is 13.0. The van der Waals surface area contributed by atoms with Crippen LogP contribution in [0.15, 0.2) is 6.33 Å². The van der Waals surface area contributed by atoms with Gasteiger partial charge < -0.3 is 40.9 Å². The third-order valence-corrected chi connectivity index (χ3v) is 9.98. The Kier molecular flexibility index (Phi) is 6.61. The van der Waals surface area contributed by atoms with Crippen LogP contribution in [0.5, 0.6) is 0 Å². The number of carbonyl (C=O) groups excluding carboxylic acids is 1. The van der Waals surface area contributed by atoms with Gasteiger partial charge in [0.2, 0.25) is 11.2 Å². The van der Waals surface area contributed by atoms with E-state index >= 15 is 0 Å². The first-order chi connectivity index (χ1) is 18.3. The van der Waals surface area contributed by atoms with Crippen molar-refractivity contribution < 1.29 is 39.2 Å². The van der Waals surface area contributed by atoms with E-state index in [9.17, 15) is 24.7 Å². The molecule has 14 nitrogen and oxygen atoms in total. The monoisotopic (exact) mass is 586 g/mol. The summed E-state index contributed by atoms with van der Waals surface area (Å²) in [7, 11) is -4.34. The molecule has 0 aromatic carbocycles. The molecule has 6 unspecified atom stereocenters. The highest BCUT2D eigenvalue weighted by Crippen LogP contribution is 2.62. The van der Waals surface area contributed by atoms with E-state index in [1.165, 1.54) is 10.9 Å². The lowest BCUT2D eigenvalue weighted by atomic mass is 9.46. The number of imidazole rings is 1. The number of halogens is 1. The normalized spacial score (nSPS) is 38.4. The van der Waals surface area contributed by atoms with Crippen molar-refractivity contribution in [2.24, 2.45) is 23.0 Å². The van der Waals surface area contributed by atoms with Crippen LogP contribution < -0.4 is 11.1 Å². The summed E-state index contributed by atoms with van der Waals surface area (Å²) in [5, 5.41) is 34.6. The number of hydrogen-bond acceptors (Lipinski definition) is 10. The predicted molar refractivity (Wildman–Crippen MR) is 136 cm³/mol. The second-order valence-corrected chi connectivity index (χ2v) is 14.0. The number of nitrogens with zero attached hydrogens (tertiary/aromatic N) is 4. The van der Waals surface area contributed by atoms with Crippen LogP contribution in [0.1, 0.15) is 51.2 Å². The maximum atomic E-state index is 13.4. The summed E-state index contributed by atoms with van der Waals surface area (Å²) >= 11 is 6.17. The van der Waals surface area contributed by atoms with Gasteiger partial charge in [-0.1, -0.05) is 0 Å². The van der Waals surface area contributed by atoms with Crippen LogP contribution in [0.25, 0.3) is 11.2 Å². The Labute approximate surface area is 228 Å². The van der Waals surface area contributed by atoms with Gasteiger partial charge in [-0.25, -0.2) is 4.98 Å². The van der Waals surface area contributed by atoms with Gasteiger partial charge in [0.25, 0.3) is 0 Å². The molecule has 5 aliphatic rings. The number of carbonyl (C=O) groups is 1. The zero-order valence-corrected chi connectivity index (χ0v) is 22.6. The van der Waals surface area contributed by atoms with E-state index in [4.69, 9.17) is 31.9 Å². The Morgan fingerprint density at radius 2 is 1.92 bits per heavy atom. The van der Waals surface area contributed by atoms with Crippen LogP contribution >= 0.6 is 19.2 Å². The Morgan fingerprint density at radius 1 is 1.23 bits per heavy atom. The van der Waals surface area contributed by atoms with E-state index in [-0.39, 0.29) is 28.7 Å². The summed E-state index contributed by atoms with van der Waals surface area (Å²) in [5.74, 6) is 0.240. The van der Waals surface area contributed by atoms with Crippen molar-refractivity contribution in [3.63, 3.8) is 0 Å². The first-order valence-corrected chi connectivity index (χ1v) is 15.2. The van der Waals surface area contributed by atoms with Gasteiger partial charge >= 0.3 is 7.60 Å². The molecule has 16 heteroatoms. The maximum absolute atomic E-state index is 13.4. The van der Waals surface area contributed by atoms with E-state index in [0.717, 1.165) is 32.1 Å². The molecule has 7 rings (SSSR count). The number of anilines is 1. The lowest BCUT2D eigenvalue weighted by molar-refractivity contribution is -0.172. The van der Waals surface area contributed by atoms with E-state index in [1.807, 2.05) is 0 Å². The number of nitrogens with one attached hydrogen (secondary N) is 1. The molecule has 4 bridgehead atoms. The maximum Gasteiger partial charge on any atom is 0.325 e. The number of ether oxygens (including phenoxy) is 1. The fraction of sp³-hybridized carbons (Fsp3) is 0.739. The van der Waals surface area contributed by atoms with Crippen molar-refractivity contribution in [3.05, 3.63) is 11.6 Å². The number of hydrogen-bond donors (Lipinski definition) is 7. The summed E-state index contributed by atoms with van der Waals surface area (Å²) in [4.78, 5) is 44.3. The average Bonchev–Trinajstić information content (AvgIpc) is 3.36. The Morgan fingerprint density at radius 3 is 2.56 bits per heavy atom. The first kappa shape index (κ1) is 27.4. The van der Waals surface area contributed by atoms with E-state index in [1.54, 1.807) is 0 Å². The zero-order chi connectivity index (χ0) is 27.9. The zero-order valence-electron chi connectivity index (χ0n) is 20.9. The number of rotatable bonds is 7. The van der Waals surface area contributed by atoms with Crippen LogP contribution in [0.3, 0.4) is 0 Å². The van der Waals surface area contributed by atoms with Gasteiger partial charge in [-0.15, -0.1) is 0 Å². The largest absolute Gasteiger partial charge is 0.390 e. The smallest absolute Gasteiger partial charge is 0.325 e. The van der Waals surface area contributed by atoms with Crippen molar-refractivity contribution in [1.82, 2.24) is 19.5 Å². The standard InChI is InChI=1S/C23H32ClN6O8P/c24-21-28-17(27-19(33)16(25)22-4-10-3-11(5-22)7-23(34,6-10)8-22)13-18(29-21)30(9-26-13)20-15(32)14(31)12(38-20)1-2-39(35,36)37/h9-12,14-16,20,31-32,34H,1-8,25H2,(H2,35,36,37)(H,27,28,29,33)/t10-,11?,12-,14?,15?,16?,20-,22?,23?/m1/s1. The molecule has 214 valence electrons. The molecule has 5 fully saturated rings. The lowest BCUT2D eigenvalue weighted by Crippen LogP contribution is -2.63. The van der Waals surface area contributed by atoms with Gasteiger partial charge in [0.1, 0.15) is 12.2 Å². The average molecular weight is 587 g/mol. The number of amides is 1. The second kappa shape index (κ2) is 9.40. The van der Waals surface area contributed by atoms with Crippen LogP contribution in [-0.2, 0) is 14.1 Å². The minimum Gasteiger partial charge on any atom is -0.390 e. The summed E-state index contributed by atoms with van der Waals surface area (Å²) in [6.45, 7) is 0. The molecule has 1 amide bonds. The fourth-order valence-corrected chi connectivity index (χ4v) is 8.53. The summed E-state index contributed by atoms with van der Waals surface area (Å²) in [6.07, 6.45) is 0.113. The van der Waals surface area contributed by atoms with Crippen LogP contribution in [0, 0.1) is 17.3 Å². The minimum absolute atomic E-state index is 0.0127. The molecule has 1 saturated heterocycles. The van der Waals surface area contributed by atoms with Crippen LogP contribution in [0.4, 0.5) is 5.82 Å². The molecule has 8 N–H and O–H groups in total. The Hall–Kier alpha value is -1.74. The molecule has 9 atom stereocenters. The highest BCUT2D eigenvalue weighted by atomic mass is 35.5. The predicted octanol–water partition coefficient (Wildman–Crippen LogP) is 0.264. The summed E-state index contributed by atoms with van der Waals surface area (Å²) in [6, 6.07) is -0.884. The molecule has 2 aromatic rings. The topological polar surface area (TPSA) is 226 Å². The molecule has 0 spiro atoms. The van der Waals surface area contributed by atoms with Crippen molar-refractivity contribution in [3.8, 4) is 0 Å². The lowest BCUT2D eigenvalue weighted by Gasteiger charge is -2.61. The number of aromatic nitrogens is 4. The van der Waals surface area contributed by atoms with Crippen LogP contribution in [0.2, 0.25) is 5.28 Å². The number of nitrogens with two attached hydrogens (primary N) is 1. The van der Waals surface area contributed by atoms with Gasteiger partial charge in [-0.05, 0) is 73.8 Å². The van der Waals surface area contributed by atoms with E-state index in [2.05, 4.69) is 20.3 Å². The molecular weight excluding hydrogens is 555 g/mol. The van der Waals surface area contributed by atoms with Crippen molar-refractivity contribution in [1.29, 1.82) is 0 Å². The summed E-state index contributed by atoms with van der Waals surface area (Å²) in [5.41, 5.74) is 5.53.